The molecule has 0 aliphatic heterocycles. The van der Waals surface area contributed by atoms with Crippen molar-refractivity contribution in [3.63, 3.8) is 0 Å². The van der Waals surface area contributed by atoms with Crippen LogP contribution in [-0.4, -0.2) is 43.3 Å². The van der Waals surface area contributed by atoms with Crippen LogP contribution < -0.4 is 9.62 Å². The number of carbonyl (C=O) groups excluding carboxylic acids is 2. The molecule has 0 fully saturated rings. The maximum absolute atomic E-state index is 14.6. The molecule has 2 amide bonds. The summed E-state index contributed by atoms with van der Waals surface area (Å²) in [6, 6.07) is 25.1. The molecule has 10 heteroatoms. The number of anilines is 1. The average Bonchev–Trinajstić information content (AvgIpc) is 2.99. The second-order valence-corrected chi connectivity index (χ2v) is 14.6. The molecule has 0 heterocycles. The second-order valence-electron chi connectivity index (χ2n) is 12.3. The Hall–Kier alpha value is -4.21. The summed E-state index contributed by atoms with van der Waals surface area (Å²) < 4.78 is 43.4. The normalized spacial score (nSPS) is 12.3. The van der Waals surface area contributed by atoms with E-state index in [0.29, 0.717) is 16.1 Å². The van der Waals surface area contributed by atoms with Crippen LogP contribution in [0.15, 0.2) is 102 Å². The maximum Gasteiger partial charge on any atom is 0.264 e. The first-order valence-electron chi connectivity index (χ1n) is 14.9. The minimum atomic E-state index is -4.27. The Morgan fingerprint density at radius 3 is 2.11 bits per heavy atom. The Balaban J connectivity index is 1.84. The van der Waals surface area contributed by atoms with Crippen LogP contribution in [0.25, 0.3) is 0 Å². The molecule has 0 spiro atoms. The van der Waals surface area contributed by atoms with Crippen LogP contribution in [0.5, 0.6) is 0 Å². The molecular formula is C36H39ClFN3O4S. The van der Waals surface area contributed by atoms with E-state index in [9.17, 15) is 22.4 Å². The molecule has 0 radical (unpaired) electrons. The molecule has 46 heavy (non-hydrogen) atoms. The van der Waals surface area contributed by atoms with Gasteiger partial charge in [0.2, 0.25) is 11.8 Å². The van der Waals surface area contributed by atoms with Gasteiger partial charge in [0, 0.05) is 23.5 Å². The standard InChI is InChI=1S/C36H39ClFN3O4S/c1-25-11-19-31(20-12-25)46(44,45)41(32-22-29(37)16-13-26(32)2)24-34(42)40(23-28-14-17-30(38)18-15-28)33(35(43)39-36(3,4)5)21-27-9-7-6-8-10-27/h6-20,22,33H,21,23-24H2,1-5H3,(H,39,43)/t33-/m0/s1. The highest BCUT2D eigenvalue weighted by atomic mass is 35.5. The number of amides is 2. The maximum atomic E-state index is 14.6. The summed E-state index contributed by atoms with van der Waals surface area (Å²) >= 11 is 6.34. The number of carbonyl (C=O) groups is 2. The average molecular weight is 664 g/mol. The third-order valence-corrected chi connectivity index (χ3v) is 9.37. The monoisotopic (exact) mass is 663 g/mol. The molecule has 242 valence electrons. The number of hydrogen-bond acceptors (Lipinski definition) is 4. The number of hydrogen-bond donors (Lipinski definition) is 1. The van der Waals surface area contributed by atoms with E-state index in [1.165, 1.54) is 35.2 Å². The van der Waals surface area contributed by atoms with Crippen molar-refractivity contribution >= 4 is 39.1 Å². The van der Waals surface area contributed by atoms with Crippen LogP contribution in [0, 0.1) is 19.7 Å². The van der Waals surface area contributed by atoms with Gasteiger partial charge in [0.15, 0.2) is 0 Å². The zero-order valence-electron chi connectivity index (χ0n) is 26.6. The molecule has 4 aromatic carbocycles. The second kappa shape index (κ2) is 14.5. The van der Waals surface area contributed by atoms with Crippen LogP contribution in [0.4, 0.5) is 10.1 Å². The van der Waals surface area contributed by atoms with Gasteiger partial charge in [-0.1, -0.05) is 77.8 Å². The van der Waals surface area contributed by atoms with E-state index in [0.717, 1.165) is 15.4 Å². The highest BCUT2D eigenvalue weighted by Crippen LogP contribution is 2.30. The number of nitrogens with zero attached hydrogens (tertiary/aromatic N) is 2. The minimum Gasteiger partial charge on any atom is -0.350 e. The van der Waals surface area contributed by atoms with Crippen molar-refractivity contribution in [1.29, 1.82) is 0 Å². The smallest absolute Gasteiger partial charge is 0.264 e. The molecular weight excluding hydrogens is 625 g/mol. The van der Waals surface area contributed by atoms with Crippen molar-refractivity contribution in [2.45, 2.75) is 64.1 Å². The Morgan fingerprint density at radius 2 is 1.50 bits per heavy atom. The third kappa shape index (κ3) is 8.95. The lowest BCUT2D eigenvalue weighted by atomic mass is 10.0. The van der Waals surface area contributed by atoms with Crippen LogP contribution >= 0.6 is 11.6 Å². The van der Waals surface area contributed by atoms with Crippen LogP contribution in [-0.2, 0) is 32.6 Å². The van der Waals surface area contributed by atoms with E-state index in [-0.39, 0.29) is 23.5 Å². The third-order valence-electron chi connectivity index (χ3n) is 7.36. The topological polar surface area (TPSA) is 86.8 Å². The lowest BCUT2D eigenvalue weighted by Gasteiger charge is -2.35. The molecule has 0 saturated carbocycles. The Labute approximate surface area is 276 Å². The number of halogens is 2. The van der Waals surface area contributed by atoms with Crippen molar-refractivity contribution in [2.75, 3.05) is 10.8 Å². The summed E-state index contributed by atoms with van der Waals surface area (Å²) in [6.45, 7) is 8.42. The Morgan fingerprint density at radius 1 is 0.870 bits per heavy atom. The fourth-order valence-corrected chi connectivity index (χ4v) is 6.63. The number of aryl methyl sites for hydroxylation is 2. The highest BCUT2D eigenvalue weighted by Gasteiger charge is 2.36. The van der Waals surface area contributed by atoms with Gasteiger partial charge in [-0.2, -0.15) is 0 Å². The van der Waals surface area contributed by atoms with Crippen LogP contribution in [0.2, 0.25) is 5.02 Å². The van der Waals surface area contributed by atoms with E-state index < -0.39 is 45.8 Å². The zero-order valence-corrected chi connectivity index (χ0v) is 28.2. The SMILES string of the molecule is Cc1ccc(S(=O)(=O)N(CC(=O)N(Cc2ccc(F)cc2)[C@@H](Cc2ccccc2)C(=O)NC(C)(C)C)c2cc(Cl)ccc2C)cc1. The van der Waals surface area contributed by atoms with Gasteiger partial charge in [-0.3, -0.25) is 13.9 Å². The Kier molecular flexibility index (Phi) is 10.9. The van der Waals surface area contributed by atoms with Crippen LogP contribution in [0.1, 0.15) is 43.0 Å². The largest absolute Gasteiger partial charge is 0.350 e. The number of benzene rings is 4. The van der Waals surface area contributed by atoms with Crippen molar-refractivity contribution in [2.24, 2.45) is 0 Å². The van der Waals surface area contributed by atoms with Gasteiger partial charge in [-0.15, -0.1) is 0 Å². The summed E-state index contributed by atoms with van der Waals surface area (Å²) in [6.07, 6.45) is 0.163. The van der Waals surface area contributed by atoms with Crippen molar-refractivity contribution in [3.8, 4) is 0 Å². The fraction of sp³-hybridized carbons (Fsp3) is 0.278. The molecule has 4 aromatic rings. The molecule has 1 N–H and O–H groups in total. The predicted molar refractivity (Wildman–Crippen MR) is 181 cm³/mol. The van der Waals surface area contributed by atoms with E-state index in [1.807, 2.05) is 58.0 Å². The summed E-state index contributed by atoms with van der Waals surface area (Å²) in [5.41, 5.74) is 2.47. The quantitative estimate of drug-likeness (QED) is 0.190. The molecule has 0 bridgehead atoms. The van der Waals surface area contributed by atoms with Gasteiger partial charge < -0.3 is 10.2 Å². The lowest BCUT2D eigenvalue weighted by Crippen LogP contribution is -2.56. The molecule has 0 aliphatic rings. The summed E-state index contributed by atoms with van der Waals surface area (Å²) in [5.74, 6) is -1.47. The molecule has 0 saturated heterocycles. The molecule has 7 nitrogen and oxygen atoms in total. The van der Waals surface area contributed by atoms with Gasteiger partial charge in [0.25, 0.3) is 10.0 Å². The lowest BCUT2D eigenvalue weighted by molar-refractivity contribution is -0.140. The predicted octanol–water partition coefficient (Wildman–Crippen LogP) is 6.85. The number of nitrogens with one attached hydrogen (secondary N) is 1. The molecule has 0 aliphatic carbocycles. The first-order chi connectivity index (χ1) is 21.6. The van der Waals surface area contributed by atoms with Gasteiger partial charge in [-0.25, -0.2) is 12.8 Å². The molecule has 4 rings (SSSR count). The van der Waals surface area contributed by atoms with Gasteiger partial charge in [0.1, 0.15) is 18.4 Å². The van der Waals surface area contributed by atoms with Crippen molar-refractivity contribution in [1.82, 2.24) is 10.2 Å². The Bertz CT molecular complexity index is 1780. The number of sulfonamides is 1. The summed E-state index contributed by atoms with van der Waals surface area (Å²) in [4.78, 5) is 29.9. The molecule has 0 aromatic heterocycles. The van der Waals surface area contributed by atoms with Crippen molar-refractivity contribution in [3.05, 3.63) is 130 Å². The van der Waals surface area contributed by atoms with Gasteiger partial charge in [-0.05, 0) is 87.7 Å². The molecule has 0 unspecified atom stereocenters. The van der Waals surface area contributed by atoms with Crippen molar-refractivity contribution < 1.29 is 22.4 Å². The minimum absolute atomic E-state index is 0.00155. The van der Waals surface area contributed by atoms with Gasteiger partial charge >= 0.3 is 0 Å². The van der Waals surface area contributed by atoms with E-state index in [1.54, 1.807) is 43.3 Å². The highest BCUT2D eigenvalue weighted by molar-refractivity contribution is 7.92. The van der Waals surface area contributed by atoms with Crippen LogP contribution in [0.3, 0.4) is 0 Å². The summed E-state index contributed by atoms with van der Waals surface area (Å²) in [7, 11) is -4.27. The zero-order chi connectivity index (χ0) is 33.6. The van der Waals surface area contributed by atoms with E-state index >= 15 is 0 Å². The summed E-state index contributed by atoms with van der Waals surface area (Å²) in [5, 5.41) is 3.29. The fourth-order valence-electron chi connectivity index (χ4n) is 5.00. The first-order valence-corrected chi connectivity index (χ1v) is 16.7. The number of rotatable bonds is 11. The van der Waals surface area contributed by atoms with E-state index in [2.05, 4.69) is 5.32 Å². The molecule has 1 atom stereocenters. The first kappa shape index (κ1) is 34.7. The van der Waals surface area contributed by atoms with Gasteiger partial charge in [0.05, 0.1) is 10.6 Å². The van der Waals surface area contributed by atoms with E-state index in [4.69, 9.17) is 11.6 Å².